The molecule has 0 aromatic carbocycles. The van der Waals surface area contributed by atoms with Crippen LogP contribution in [0.1, 0.15) is 20.8 Å². The molecule has 0 saturated carbocycles. The van der Waals surface area contributed by atoms with E-state index < -0.39 is 0 Å². The highest BCUT2D eigenvalue weighted by Gasteiger charge is 1.96. The highest BCUT2D eigenvalue weighted by molar-refractivity contribution is 7.97. The quantitative estimate of drug-likeness (QED) is 0.542. The minimum atomic E-state index is -0.277. The number of allylic oxidation sites excluding steroid dienone is 1. The second-order valence-electron chi connectivity index (χ2n) is 2.36. The van der Waals surface area contributed by atoms with Crippen LogP contribution in [-0.4, -0.2) is 5.12 Å². The molecule has 0 aliphatic carbocycles. The lowest BCUT2D eigenvalue weighted by Crippen LogP contribution is -1.90. The van der Waals surface area contributed by atoms with Crippen molar-refractivity contribution in [1.29, 1.82) is 0 Å². The van der Waals surface area contributed by atoms with Gasteiger partial charge < -0.3 is 0 Å². The number of rotatable bonds is 2. The van der Waals surface area contributed by atoms with Gasteiger partial charge in [0.05, 0.1) is 0 Å². The van der Waals surface area contributed by atoms with E-state index in [0.717, 1.165) is 5.57 Å². The Kier molecular flexibility index (Phi) is 3.47. The van der Waals surface area contributed by atoms with Crippen molar-refractivity contribution < 1.29 is 4.79 Å². The van der Waals surface area contributed by atoms with Crippen LogP contribution in [0, 0.1) is 5.92 Å². The van der Waals surface area contributed by atoms with Gasteiger partial charge in [-0.25, -0.2) is 0 Å². The number of hydrogen-bond donors (Lipinski definition) is 0. The largest absolute Gasteiger partial charge is 0.277 e. The van der Waals surface area contributed by atoms with Gasteiger partial charge >= 0.3 is 0 Å². The van der Waals surface area contributed by atoms with Crippen LogP contribution in [0.15, 0.2) is 11.6 Å². The summed E-state index contributed by atoms with van der Waals surface area (Å²) in [4.78, 5) is 10.3. The van der Waals surface area contributed by atoms with Gasteiger partial charge in [0.25, 0.3) is 0 Å². The molecule has 0 aromatic heterocycles. The molecule has 0 unspecified atom stereocenters. The lowest BCUT2D eigenvalue weighted by atomic mass is 10.1. The maximum atomic E-state index is 10.3. The Bertz CT molecular complexity index is 136. The molecular formula is C7H11OS. The van der Waals surface area contributed by atoms with Crippen molar-refractivity contribution in [3.05, 3.63) is 11.6 Å². The van der Waals surface area contributed by atoms with E-state index in [1.54, 1.807) is 0 Å². The predicted octanol–water partition coefficient (Wildman–Crippen LogP) is 2.31. The fraction of sp³-hybridized carbons (Fsp3) is 0.571. The van der Waals surface area contributed by atoms with Crippen molar-refractivity contribution in [3.8, 4) is 0 Å². The van der Waals surface area contributed by atoms with Crippen molar-refractivity contribution in [2.24, 2.45) is 5.92 Å². The van der Waals surface area contributed by atoms with Crippen LogP contribution in [0.3, 0.4) is 0 Å². The monoisotopic (exact) mass is 143 g/mol. The average Bonchev–Trinajstić information content (AvgIpc) is 1.63. The summed E-state index contributed by atoms with van der Waals surface area (Å²) in [5.74, 6) is 0.428. The Balaban J connectivity index is 4.00. The Hall–Kier alpha value is -0.370. The molecule has 0 atom stereocenters. The van der Waals surface area contributed by atoms with Gasteiger partial charge in [-0.1, -0.05) is 19.4 Å². The molecule has 0 heterocycles. The molecule has 0 fully saturated rings. The van der Waals surface area contributed by atoms with Gasteiger partial charge in [0, 0.05) is 0 Å². The molecular weight excluding hydrogens is 132 g/mol. The van der Waals surface area contributed by atoms with Gasteiger partial charge in [0.1, 0.15) is 0 Å². The number of carbonyl (C=O) groups excluding carboxylic acids is 1. The van der Waals surface area contributed by atoms with Crippen molar-refractivity contribution in [1.82, 2.24) is 0 Å². The lowest BCUT2D eigenvalue weighted by molar-refractivity contribution is -0.106. The molecule has 0 bridgehead atoms. The molecule has 0 N–H and O–H groups in total. The minimum absolute atomic E-state index is 0.277. The van der Waals surface area contributed by atoms with Crippen LogP contribution in [0.4, 0.5) is 0 Å². The second kappa shape index (κ2) is 3.62. The first-order valence-electron chi connectivity index (χ1n) is 2.93. The molecule has 1 nitrogen and oxygen atoms in total. The van der Waals surface area contributed by atoms with Crippen LogP contribution in [-0.2, 0) is 4.79 Å². The van der Waals surface area contributed by atoms with E-state index in [2.05, 4.69) is 12.6 Å². The smallest absolute Gasteiger partial charge is 0.242 e. The molecule has 0 aromatic rings. The van der Waals surface area contributed by atoms with Crippen molar-refractivity contribution >= 4 is 17.7 Å². The zero-order chi connectivity index (χ0) is 7.44. The van der Waals surface area contributed by atoms with Gasteiger partial charge in [-0.05, 0) is 31.5 Å². The molecule has 0 rings (SSSR count). The molecule has 0 saturated heterocycles. The zero-order valence-corrected chi connectivity index (χ0v) is 6.79. The molecule has 0 aliphatic heterocycles. The minimum Gasteiger partial charge on any atom is -0.277 e. The topological polar surface area (TPSA) is 17.1 Å². The van der Waals surface area contributed by atoms with Crippen LogP contribution >= 0.6 is 12.6 Å². The molecule has 0 spiro atoms. The lowest BCUT2D eigenvalue weighted by Gasteiger charge is -2.00. The third-order valence-electron chi connectivity index (χ3n) is 1.26. The first-order valence-corrected chi connectivity index (χ1v) is 3.34. The fourth-order valence-corrected chi connectivity index (χ4v) is 0.538. The van der Waals surface area contributed by atoms with E-state index in [1.807, 2.05) is 20.8 Å². The Labute approximate surface area is 61.6 Å². The van der Waals surface area contributed by atoms with Gasteiger partial charge in [-0.15, -0.1) is 0 Å². The van der Waals surface area contributed by atoms with E-state index in [9.17, 15) is 4.79 Å². The average molecular weight is 143 g/mol. The third kappa shape index (κ3) is 4.15. The summed E-state index contributed by atoms with van der Waals surface area (Å²) >= 11 is 4.36. The van der Waals surface area contributed by atoms with Gasteiger partial charge in [-0.2, -0.15) is 0 Å². The van der Waals surface area contributed by atoms with Crippen molar-refractivity contribution in [2.45, 2.75) is 20.8 Å². The fourth-order valence-electron chi connectivity index (χ4n) is 0.353. The zero-order valence-electron chi connectivity index (χ0n) is 5.97. The Morgan fingerprint density at radius 1 is 1.56 bits per heavy atom. The highest BCUT2D eigenvalue weighted by atomic mass is 32.1. The normalized spacial score (nSPS) is 12.2. The Morgan fingerprint density at radius 3 is 2.11 bits per heavy atom. The van der Waals surface area contributed by atoms with Gasteiger partial charge in [0.15, 0.2) is 0 Å². The molecule has 2 heteroatoms. The van der Waals surface area contributed by atoms with Crippen LogP contribution in [0.5, 0.6) is 0 Å². The second-order valence-corrected chi connectivity index (χ2v) is 2.76. The van der Waals surface area contributed by atoms with E-state index >= 15 is 0 Å². The summed E-state index contributed by atoms with van der Waals surface area (Å²) in [7, 11) is 0. The SMILES string of the molecule is CC(=CC(=O)[S])C(C)C. The molecule has 1 radical (unpaired) electrons. The summed E-state index contributed by atoms with van der Waals surface area (Å²) in [6.07, 6.45) is 1.50. The van der Waals surface area contributed by atoms with Crippen molar-refractivity contribution in [2.75, 3.05) is 0 Å². The molecule has 9 heavy (non-hydrogen) atoms. The van der Waals surface area contributed by atoms with Crippen LogP contribution < -0.4 is 0 Å². The summed E-state index contributed by atoms with van der Waals surface area (Å²) in [5, 5.41) is -0.277. The third-order valence-corrected chi connectivity index (χ3v) is 1.37. The predicted molar refractivity (Wildman–Crippen MR) is 41.2 cm³/mol. The van der Waals surface area contributed by atoms with E-state index in [4.69, 9.17) is 0 Å². The van der Waals surface area contributed by atoms with Gasteiger partial charge in [0.2, 0.25) is 5.12 Å². The standard InChI is InChI=1S/C7H11OS/c1-5(2)6(3)4-7(8)9/h4-5H,1-3H3. The summed E-state index contributed by atoms with van der Waals surface area (Å²) in [6.45, 7) is 5.98. The molecule has 0 amide bonds. The van der Waals surface area contributed by atoms with E-state index in [-0.39, 0.29) is 5.12 Å². The number of hydrogen-bond acceptors (Lipinski definition) is 1. The molecule has 51 valence electrons. The summed E-state index contributed by atoms with van der Waals surface area (Å²) in [5.41, 5.74) is 1.05. The maximum absolute atomic E-state index is 10.3. The summed E-state index contributed by atoms with van der Waals surface area (Å²) in [6, 6.07) is 0. The van der Waals surface area contributed by atoms with Gasteiger partial charge in [-0.3, -0.25) is 4.79 Å². The first kappa shape index (κ1) is 8.63. The summed E-state index contributed by atoms with van der Waals surface area (Å²) < 4.78 is 0. The Morgan fingerprint density at radius 2 is 2.00 bits per heavy atom. The molecule has 0 aliphatic rings. The van der Waals surface area contributed by atoms with Crippen LogP contribution in [0.25, 0.3) is 0 Å². The van der Waals surface area contributed by atoms with E-state index in [0.29, 0.717) is 5.92 Å². The van der Waals surface area contributed by atoms with Crippen LogP contribution in [0.2, 0.25) is 0 Å². The van der Waals surface area contributed by atoms with E-state index in [1.165, 1.54) is 6.08 Å². The number of carbonyl (C=O) groups is 1. The maximum Gasteiger partial charge on any atom is 0.242 e. The first-order chi connectivity index (χ1) is 4.04. The highest BCUT2D eigenvalue weighted by Crippen LogP contribution is 2.07. The van der Waals surface area contributed by atoms with Crippen molar-refractivity contribution in [3.63, 3.8) is 0 Å².